The summed E-state index contributed by atoms with van der Waals surface area (Å²) in [5.41, 5.74) is 7.11. The highest BCUT2D eigenvalue weighted by Gasteiger charge is 2.05. The van der Waals surface area contributed by atoms with Crippen molar-refractivity contribution in [3.8, 4) is 11.5 Å². The van der Waals surface area contributed by atoms with E-state index in [0.29, 0.717) is 16.6 Å². The number of hydrogen-bond donors (Lipinski definition) is 1. The van der Waals surface area contributed by atoms with E-state index in [9.17, 15) is 0 Å². The molecule has 1 aromatic heterocycles. The SMILES string of the molecule is Cc1c(Oc2ccc(N)cc2)ccnc1Cl. The number of ether oxygens (including phenoxy) is 1. The Morgan fingerprint density at radius 1 is 1.19 bits per heavy atom. The van der Waals surface area contributed by atoms with Crippen LogP contribution in [0.5, 0.6) is 11.5 Å². The predicted octanol–water partition coefficient (Wildman–Crippen LogP) is 3.42. The monoisotopic (exact) mass is 234 g/mol. The van der Waals surface area contributed by atoms with E-state index in [4.69, 9.17) is 22.1 Å². The van der Waals surface area contributed by atoms with Crippen LogP contribution in [0.2, 0.25) is 5.15 Å². The minimum atomic E-state index is 0.452. The van der Waals surface area contributed by atoms with Gasteiger partial charge in [-0.2, -0.15) is 0 Å². The predicted molar refractivity (Wildman–Crippen MR) is 64.9 cm³/mol. The van der Waals surface area contributed by atoms with E-state index in [1.54, 1.807) is 24.4 Å². The van der Waals surface area contributed by atoms with Crippen LogP contribution < -0.4 is 10.5 Å². The molecule has 16 heavy (non-hydrogen) atoms. The number of pyridine rings is 1. The second-order valence-corrected chi connectivity index (χ2v) is 3.75. The maximum absolute atomic E-state index is 5.89. The normalized spacial score (nSPS) is 10.1. The van der Waals surface area contributed by atoms with Gasteiger partial charge in [0.2, 0.25) is 0 Å². The van der Waals surface area contributed by atoms with Crippen molar-refractivity contribution >= 4 is 17.3 Å². The molecule has 0 fully saturated rings. The van der Waals surface area contributed by atoms with Gasteiger partial charge in [-0.1, -0.05) is 11.6 Å². The Morgan fingerprint density at radius 2 is 1.88 bits per heavy atom. The van der Waals surface area contributed by atoms with Crippen molar-refractivity contribution in [1.29, 1.82) is 0 Å². The number of nitrogens with zero attached hydrogens (tertiary/aromatic N) is 1. The Labute approximate surface area is 98.8 Å². The lowest BCUT2D eigenvalue weighted by molar-refractivity contribution is 0.478. The molecule has 0 amide bonds. The van der Waals surface area contributed by atoms with Gasteiger partial charge in [0.15, 0.2) is 0 Å². The van der Waals surface area contributed by atoms with Crippen molar-refractivity contribution < 1.29 is 4.74 Å². The fourth-order valence-electron chi connectivity index (χ4n) is 1.27. The van der Waals surface area contributed by atoms with Gasteiger partial charge in [0.25, 0.3) is 0 Å². The van der Waals surface area contributed by atoms with Crippen LogP contribution in [0.15, 0.2) is 36.5 Å². The minimum absolute atomic E-state index is 0.452. The molecule has 0 saturated carbocycles. The van der Waals surface area contributed by atoms with Crippen LogP contribution in [0.1, 0.15) is 5.56 Å². The van der Waals surface area contributed by atoms with Gasteiger partial charge >= 0.3 is 0 Å². The summed E-state index contributed by atoms with van der Waals surface area (Å²) >= 11 is 5.89. The second-order valence-electron chi connectivity index (χ2n) is 3.40. The highest BCUT2D eigenvalue weighted by Crippen LogP contribution is 2.28. The highest BCUT2D eigenvalue weighted by atomic mass is 35.5. The number of nitrogen functional groups attached to an aromatic ring is 1. The summed E-state index contributed by atoms with van der Waals surface area (Å²) in [5, 5.41) is 0.452. The van der Waals surface area contributed by atoms with E-state index in [-0.39, 0.29) is 0 Å². The van der Waals surface area contributed by atoms with Crippen molar-refractivity contribution in [1.82, 2.24) is 4.98 Å². The van der Waals surface area contributed by atoms with Crippen molar-refractivity contribution in [3.05, 3.63) is 47.2 Å². The lowest BCUT2D eigenvalue weighted by Gasteiger charge is -2.08. The van der Waals surface area contributed by atoms with Gasteiger partial charge in [-0.3, -0.25) is 0 Å². The van der Waals surface area contributed by atoms with E-state index in [1.165, 1.54) is 0 Å². The van der Waals surface area contributed by atoms with Crippen molar-refractivity contribution in [2.45, 2.75) is 6.92 Å². The van der Waals surface area contributed by atoms with Crippen LogP contribution in [-0.2, 0) is 0 Å². The first-order valence-corrected chi connectivity index (χ1v) is 5.19. The first-order valence-electron chi connectivity index (χ1n) is 4.81. The quantitative estimate of drug-likeness (QED) is 0.640. The van der Waals surface area contributed by atoms with E-state index < -0.39 is 0 Å². The average Bonchev–Trinajstić information content (AvgIpc) is 2.28. The number of nitrogens with two attached hydrogens (primary N) is 1. The summed E-state index contributed by atoms with van der Waals surface area (Å²) in [6.07, 6.45) is 1.61. The number of aromatic nitrogens is 1. The Balaban J connectivity index is 2.27. The average molecular weight is 235 g/mol. The Hall–Kier alpha value is -1.74. The van der Waals surface area contributed by atoms with Gasteiger partial charge in [0.05, 0.1) is 0 Å². The van der Waals surface area contributed by atoms with Gasteiger partial charge in [-0.25, -0.2) is 4.98 Å². The molecule has 0 bridgehead atoms. The smallest absolute Gasteiger partial charge is 0.135 e. The molecule has 2 aromatic rings. The van der Waals surface area contributed by atoms with Crippen molar-refractivity contribution in [2.75, 3.05) is 5.73 Å². The van der Waals surface area contributed by atoms with Crippen LogP contribution in [0, 0.1) is 6.92 Å². The number of benzene rings is 1. The first-order chi connectivity index (χ1) is 7.66. The maximum atomic E-state index is 5.89. The van der Waals surface area contributed by atoms with Crippen molar-refractivity contribution in [3.63, 3.8) is 0 Å². The third-order valence-electron chi connectivity index (χ3n) is 2.20. The molecule has 1 heterocycles. The molecule has 2 N–H and O–H groups in total. The van der Waals surface area contributed by atoms with Crippen LogP contribution in [0.3, 0.4) is 0 Å². The molecule has 0 aliphatic rings. The molecule has 82 valence electrons. The lowest BCUT2D eigenvalue weighted by atomic mass is 10.3. The summed E-state index contributed by atoms with van der Waals surface area (Å²) in [4.78, 5) is 3.96. The standard InChI is InChI=1S/C12H11ClN2O/c1-8-11(6-7-15-12(8)13)16-10-4-2-9(14)3-5-10/h2-7H,14H2,1H3. The highest BCUT2D eigenvalue weighted by molar-refractivity contribution is 6.30. The fourth-order valence-corrected chi connectivity index (χ4v) is 1.42. The molecule has 0 spiro atoms. The van der Waals surface area contributed by atoms with Crippen molar-refractivity contribution in [2.24, 2.45) is 0 Å². The van der Waals surface area contributed by atoms with E-state index >= 15 is 0 Å². The minimum Gasteiger partial charge on any atom is -0.457 e. The van der Waals surface area contributed by atoms with Gasteiger partial charge < -0.3 is 10.5 Å². The Morgan fingerprint density at radius 3 is 2.56 bits per heavy atom. The van der Waals surface area contributed by atoms with Crippen LogP contribution >= 0.6 is 11.6 Å². The summed E-state index contributed by atoms with van der Waals surface area (Å²) in [6.45, 7) is 1.86. The van der Waals surface area contributed by atoms with Gasteiger partial charge in [0, 0.05) is 17.4 Å². The van der Waals surface area contributed by atoms with E-state index in [1.807, 2.05) is 19.1 Å². The van der Waals surface area contributed by atoms with Crippen LogP contribution in [0.25, 0.3) is 0 Å². The zero-order chi connectivity index (χ0) is 11.5. The lowest BCUT2D eigenvalue weighted by Crippen LogP contribution is -1.90. The molecule has 0 atom stereocenters. The fraction of sp³-hybridized carbons (Fsp3) is 0.0833. The topological polar surface area (TPSA) is 48.1 Å². The van der Waals surface area contributed by atoms with E-state index in [0.717, 1.165) is 11.3 Å². The first kappa shape index (κ1) is 10.8. The molecule has 1 aromatic carbocycles. The third-order valence-corrected chi connectivity index (χ3v) is 2.58. The Kier molecular flexibility index (Phi) is 2.97. The number of rotatable bonds is 2. The summed E-state index contributed by atoms with van der Waals surface area (Å²) in [5.74, 6) is 1.42. The largest absolute Gasteiger partial charge is 0.457 e. The number of hydrogen-bond acceptors (Lipinski definition) is 3. The number of halogens is 1. The zero-order valence-corrected chi connectivity index (χ0v) is 9.53. The molecule has 3 nitrogen and oxygen atoms in total. The van der Waals surface area contributed by atoms with Crippen LogP contribution in [-0.4, -0.2) is 4.98 Å². The molecular formula is C12H11ClN2O. The Bertz CT molecular complexity index is 497. The summed E-state index contributed by atoms with van der Waals surface area (Å²) in [6, 6.07) is 8.96. The van der Waals surface area contributed by atoms with Crippen LogP contribution in [0.4, 0.5) is 5.69 Å². The third kappa shape index (κ3) is 2.25. The van der Waals surface area contributed by atoms with Gasteiger partial charge in [-0.15, -0.1) is 0 Å². The molecule has 4 heteroatoms. The molecule has 0 radical (unpaired) electrons. The second kappa shape index (κ2) is 4.41. The summed E-state index contributed by atoms with van der Waals surface area (Å²) in [7, 11) is 0. The number of anilines is 1. The molecule has 2 rings (SSSR count). The molecule has 0 unspecified atom stereocenters. The molecule has 0 aliphatic heterocycles. The van der Waals surface area contributed by atoms with Gasteiger partial charge in [-0.05, 0) is 37.3 Å². The molecular weight excluding hydrogens is 224 g/mol. The van der Waals surface area contributed by atoms with E-state index in [2.05, 4.69) is 4.98 Å². The molecule has 0 aliphatic carbocycles. The maximum Gasteiger partial charge on any atom is 0.135 e. The van der Waals surface area contributed by atoms with Gasteiger partial charge in [0.1, 0.15) is 16.7 Å². The summed E-state index contributed by atoms with van der Waals surface area (Å²) < 4.78 is 5.66. The molecule has 0 saturated heterocycles. The zero-order valence-electron chi connectivity index (χ0n) is 8.77.